The summed E-state index contributed by atoms with van der Waals surface area (Å²) in [6.45, 7) is 4.07. The molecule has 0 radical (unpaired) electrons. The van der Waals surface area contributed by atoms with Gasteiger partial charge >= 0.3 is 6.09 Å². The molecule has 1 saturated heterocycles. The number of amides is 2. The first-order valence-corrected chi connectivity index (χ1v) is 14.1. The van der Waals surface area contributed by atoms with Crippen molar-refractivity contribution < 1.29 is 14.3 Å². The predicted octanol–water partition coefficient (Wildman–Crippen LogP) is 4.73. The van der Waals surface area contributed by atoms with Gasteiger partial charge < -0.3 is 31.3 Å². The lowest BCUT2D eigenvalue weighted by atomic mass is 9.97. The van der Waals surface area contributed by atoms with Crippen LogP contribution >= 0.6 is 0 Å². The molecule has 5 N–H and O–H groups in total. The van der Waals surface area contributed by atoms with Gasteiger partial charge in [-0.2, -0.15) is 0 Å². The van der Waals surface area contributed by atoms with Crippen LogP contribution in [0.4, 0.5) is 16.2 Å². The molecular weight excluding hydrogens is 502 g/mol. The van der Waals surface area contributed by atoms with E-state index in [0.717, 1.165) is 23.6 Å². The summed E-state index contributed by atoms with van der Waals surface area (Å²) in [4.78, 5) is 27.1. The number of anilines is 2. The average Bonchev–Trinajstić information content (AvgIpc) is 3.76. The molecule has 3 aromatic carbocycles. The molecule has 0 aromatic heterocycles. The number of benzene rings is 3. The van der Waals surface area contributed by atoms with E-state index in [4.69, 9.17) is 10.5 Å². The summed E-state index contributed by atoms with van der Waals surface area (Å²) in [5.41, 5.74) is 10.6. The lowest BCUT2D eigenvalue weighted by Gasteiger charge is -2.29. The number of nitrogen functional groups attached to an aromatic ring is 1. The van der Waals surface area contributed by atoms with Gasteiger partial charge in [0, 0.05) is 24.1 Å². The molecule has 210 valence electrons. The highest BCUT2D eigenvalue weighted by atomic mass is 16.5. The number of rotatable bonds is 10. The fraction of sp³-hybridized carbons (Fsp3) is 0.375. The summed E-state index contributed by atoms with van der Waals surface area (Å²) in [6, 6.07) is 23.1. The van der Waals surface area contributed by atoms with Gasteiger partial charge in [-0.05, 0) is 92.8 Å². The maximum Gasteiger partial charge on any atom is 0.407 e. The third-order valence-electron chi connectivity index (χ3n) is 7.94. The number of alkyl carbamates (subject to hydrolysis) is 1. The molecule has 8 heteroatoms. The molecule has 40 heavy (non-hydrogen) atoms. The van der Waals surface area contributed by atoms with Gasteiger partial charge in [0.05, 0.1) is 11.4 Å². The van der Waals surface area contributed by atoms with E-state index in [0.29, 0.717) is 35.4 Å². The molecule has 1 aliphatic carbocycles. The highest BCUT2D eigenvalue weighted by Crippen LogP contribution is 2.41. The monoisotopic (exact) mass is 541 g/mol. The lowest BCUT2D eigenvalue weighted by molar-refractivity contribution is 0.102. The summed E-state index contributed by atoms with van der Waals surface area (Å²) in [5, 5.41) is 9.34. The number of nitrogens with zero attached hydrogens (tertiary/aromatic N) is 1. The van der Waals surface area contributed by atoms with Crippen LogP contribution in [-0.4, -0.2) is 49.6 Å². The average molecular weight is 542 g/mol. The Kier molecular flexibility index (Phi) is 8.98. The Bertz CT molecular complexity index is 1290. The third kappa shape index (κ3) is 7.61. The number of nitrogens with two attached hydrogens (primary N) is 1. The van der Waals surface area contributed by atoms with Crippen LogP contribution in [0.5, 0.6) is 0 Å². The van der Waals surface area contributed by atoms with E-state index in [2.05, 4.69) is 40.0 Å². The number of likely N-dealkylation sites (tertiary alicyclic amines) is 1. The van der Waals surface area contributed by atoms with Gasteiger partial charge in [-0.3, -0.25) is 4.79 Å². The molecule has 0 spiro atoms. The maximum absolute atomic E-state index is 12.5. The molecular formula is C32H39N5O3. The number of ether oxygens (including phenoxy) is 1. The highest BCUT2D eigenvalue weighted by molar-refractivity contribution is 6.05. The van der Waals surface area contributed by atoms with Gasteiger partial charge in [0.1, 0.15) is 6.61 Å². The molecule has 2 fully saturated rings. The Labute approximate surface area is 236 Å². The first-order chi connectivity index (χ1) is 19.4. The molecule has 2 aliphatic rings. The maximum atomic E-state index is 12.5. The van der Waals surface area contributed by atoms with Crippen LogP contribution in [0.15, 0.2) is 72.8 Å². The van der Waals surface area contributed by atoms with Crippen molar-refractivity contribution in [3.8, 4) is 0 Å². The zero-order valence-electron chi connectivity index (χ0n) is 23.1. The van der Waals surface area contributed by atoms with Crippen LogP contribution in [0, 0.1) is 5.92 Å². The molecule has 1 aliphatic heterocycles. The first-order valence-electron chi connectivity index (χ1n) is 14.1. The van der Waals surface area contributed by atoms with Crippen molar-refractivity contribution in [3.05, 3.63) is 95.1 Å². The Morgan fingerprint density at radius 2 is 1.65 bits per heavy atom. The zero-order chi connectivity index (χ0) is 27.9. The number of piperidine rings is 1. The Morgan fingerprint density at radius 3 is 2.38 bits per heavy atom. The highest BCUT2D eigenvalue weighted by Gasteiger charge is 2.38. The number of carbonyl (C=O) groups is 2. The largest absolute Gasteiger partial charge is 0.445 e. The van der Waals surface area contributed by atoms with Crippen LogP contribution in [0.2, 0.25) is 0 Å². The van der Waals surface area contributed by atoms with Gasteiger partial charge in [0.15, 0.2) is 0 Å². The van der Waals surface area contributed by atoms with Gasteiger partial charge in [0.25, 0.3) is 5.91 Å². The number of carbonyl (C=O) groups excluding carboxylic acids is 2. The fourth-order valence-electron chi connectivity index (χ4n) is 5.19. The Balaban J connectivity index is 0.995. The van der Waals surface area contributed by atoms with Crippen LogP contribution in [0.3, 0.4) is 0 Å². The van der Waals surface area contributed by atoms with Crippen molar-refractivity contribution >= 4 is 23.4 Å². The van der Waals surface area contributed by atoms with Gasteiger partial charge in [-0.15, -0.1) is 0 Å². The van der Waals surface area contributed by atoms with Crippen molar-refractivity contribution in [2.45, 2.75) is 44.4 Å². The summed E-state index contributed by atoms with van der Waals surface area (Å²) >= 11 is 0. The molecule has 2 atom stereocenters. The van der Waals surface area contributed by atoms with Crippen molar-refractivity contribution in [1.82, 2.24) is 15.5 Å². The smallest absolute Gasteiger partial charge is 0.407 e. The normalized spacial score (nSPS) is 19.1. The van der Waals surface area contributed by atoms with Crippen LogP contribution in [-0.2, 0) is 17.9 Å². The third-order valence-corrected chi connectivity index (χ3v) is 7.94. The standard InChI is InChI=1S/C32H39N5O3/c1-37-16-14-23(15-17-37)19-34-30-18-27(30)25-10-8-24(9-11-25)21-40-32(39)35-20-22-6-12-26(13-7-22)31(38)36-29-5-3-2-4-28(29)33/h2-13,23,27,30,34H,14-21,33H2,1H3,(H,35,39)(H,36,38)/t27-,30+/m1/s1. The summed E-state index contributed by atoms with van der Waals surface area (Å²) < 4.78 is 5.40. The molecule has 5 rings (SSSR count). The van der Waals surface area contributed by atoms with Gasteiger partial charge in [-0.25, -0.2) is 4.79 Å². The minimum atomic E-state index is -0.481. The molecule has 0 bridgehead atoms. The van der Waals surface area contributed by atoms with Crippen LogP contribution in [0.1, 0.15) is 52.2 Å². The van der Waals surface area contributed by atoms with Crippen molar-refractivity contribution in [1.29, 1.82) is 0 Å². The van der Waals surface area contributed by atoms with Gasteiger partial charge in [-0.1, -0.05) is 48.5 Å². The van der Waals surface area contributed by atoms with E-state index in [9.17, 15) is 9.59 Å². The van der Waals surface area contributed by atoms with E-state index >= 15 is 0 Å². The number of para-hydroxylation sites is 2. The molecule has 0 unspecified atom stereocenters. The SMILES string of the molecule is CN1CCC(CN[C@H]2C[C@@H]2c2ccc(COC(=O)NCc3ccc(C(=O)Nc4ccccc4N)cc3)cc2)CC1. The second kappa shape index (κ2) is 13.0. The van der Waals surface area contributed by atoms with Crippen molar-refractivity contribution in [3.63, 3.8) is 0 Å². The summed E-state index contributed by atoms with van der Waals surface area (Å²) in [7, 11) is 2.20. The lowest BCUT2D eigenvalue weighted by Crippen LogP contribution is -2.35. The zero-order valence-corrected chi connectivity index (χ0v) is 23.1. The number of hydrogen-bond acceptors (Lipinski definition) is 6. The molecule has 3 aromatic rings. The number of nitrogens with one attached hydrogen (secondary N) is 3. The fourth-order valence-corrected chi connectivity index (χ4v) is 5.19. The second-order valence-corrected chi connectivity index (χ2v) is 11.0. The molecule has 1 heterocycles. The minimum absolute atomic E-state index is 0.219. The number of hydrogen-bond donors (Lipinski definition) is 4. The summed E-state index contributed by atoms with van der Waals surface area (Å²) in [5.74, 6) is 1.14. The van der Waals surface area contributed by atoms with E-state index in [-0.39, 0.29) is 12.5 Å². The quantitative estimate of drug-likeness (QED) is 0.276. The van der Waals surface area contributed by atoms with Crippen molar-refractivity contribution in [2.75, 3.05) is 37.7 Å². The predicted molar refractivity (Wildman–Crippen MR) is 158 cm³/mol. The Hall–Kier alpha value is -3.88. The molecule has 2 amide bonds. The van der Waals surface area contributed by atoms with Crippen LogP contribution in [0.25, 0.3) is 0 Å². The minimum Gasteiger partial charge on any atom is -0.445 e. The van der Waals surface area contributed by atoms with E-state index < -0.39 is 6.09 Å². The van der Waals surface area contributed by atoms with E-state index in [1.54, 1.807) is 36.4 Å². The van der Waals surface area contributed by atoms with E-state index in [1.165, 1.54) is 37.9 Å². The summed E-state index contributed by atoms with van der Waals surface area (Å²) in [6.07, 6.45) is 3.29. The first kappa shape index (κ1) is 27.7. The molecule has 1 saturated carbocycles. The van der Waals surface area contributed by atoms with Gasteiger partial charge in [0.2, 0.25) is 0 Å². The second-order valence-electron chi connectivity index (χ2n) is 11.0. The Morgan fingerprint density at radius 1 is 0.950 bits per heavy atom. The van der Waals surface area contributed by atoms with Crippen molar-refractivity contribution in [2.24, 2.45) is 5.92 Å². The molecule has 8 nitrogen and oxygen atoms in total. The topological polar surface area (TPSA) is 109 Å². The van der Waals surface area contributed by atoms with Crippen LogP contribution < -0.4 is 21.7 Å². The van der Waals surface area contributed by atoms with E-state index in [1.807, 2.05) is 24.3 Å².